The molecule has 0 fully saturated rings. The van der Waals surface area contributed by atoms with Crippen LogP contribution in [-0.4, -0.2) is 9.97 Å². The van der Waals surface area contributed by atoms with Gasteiger partial charge >= 0.3 is 0 Å². The van der Waals surface area contributed by atoms with Gasteiger partial charge in [-0.25, -0.2) is 14.4 Å². The first kappa shape index (κ1) is 12.6. The third kappa shape index (κ3) is 3.10. The zero-order chi connectivity index (χ0) is 13.1. The van der Waals surface area contributed by atoms with E-state index in [0.717, 1.165) is 5.56 Å². The Morgan fingerprint density at radius 3 is 2.22 bits per heavy atom. The van der Waals surface area contributed by atoms with E-state index in [2.05, 4.69) is 9.97 Å². The molecule has 0 aliphatic rings. The quantitative estimate of drug-likeness (QED) is 0.658. The lowest BCUT2D eigenvalue weighted by molar-refractivity contribution is 0.627. The van der Waals surface area contributed by atoms with Crippen LogP contribution in [0.15, 0.2) is 35.5 Å². The van der Waals surface area contributed by atoms with Crippen molar-refractivity contribution in [3.05, 3.63) is 41.7 Å². The summed E-state index contributed by atoms with van der Waals surface area (Å²) in [7, 11) is 0. The van der Waals surface area contributed by atoms with E-state index >= 15 is 0 Å². The van der Waals surface area contributed by atoms with Gasteiger partial charge in [-0.2, -0.15) is 0 Å². The Morgan fingerprint density at radius 1 is 1.11 bits per heavy atom. The summed E-state index contributed by atoms with van der Waals surface area (Å²) in [5.41, 5.74) is 12.2. The fraction of sp³-hybridized carbons (Fsp3) is 0.167. The Kier molecular flexibility index (Phi) is 3.66. The molecule has 0 aliphatic carbocycles. The fourth-order valence-electron chi connectivity index (χ4n) is 1.47. The van der Waals surface area contributed by atoms with Crippen molar-refractivity contribution in [1.82, 2.24) is 9.97 Å². The smallest absolute Gasteiger partial charge is 0.192 e. The Morgan fingerprint density at radius 2 is 1.67 bits per heavy atom. The van der Waals surface area contributed by atoms with Crippen LogP contribution in [0.4, 0.5) is 16.0 Å². The van der Waals surface area contributed by atoms with Gasteiger partial charge in [-0.3, -0.25) is 0 Å². The molecule has 94 valence electrons. The van der Waals surface area contributed by atoms with Gasteiger partial charge < -0.3 is 11.5 Å². The largest absolute Gasteiger partial charge is 0.383 e. The third-order valence-corrected chi connectivity index (χ3v) is 3.39. The van der Waals surface area contributed by atoms with E-state index in [4.69, 9.17) is 11.5 Å². The monoisotopic (exact) mass is 264 g/mol. The highest BCUT2D eigenvalue weighted by molar-refractivity contribution is 7.99. The molecule has 0 bridgehead atoms. The van der Waals surface area contributed by atoms with Crippen molar-refractivity contribution in [3.8, 4) is 0 Å². The average Bonchev–Trinajstić information content (AvgIpc) is 2.28. The number of nitrogens with two attached hydrogens (primary N) is 2. The summed E-state index contributed by atoms with van der Waals surface area (Å²) in [5.74, 6) is 0.438. The molecular weight excluding hydrogens is 251 g/mol. The number of nitrogen functional groups attached to an aromatic ring is 2. The molecular formula is C12H13FN4S. The molecule has 0 spiro atoms. The van der Waals surface area contributed by atoms with Crippen molar-refractivity contribution in [1.29, 1.82) is 0 Å². The molecule has 2 aromatic rings. The SMILES string of the molecule is CC(Sc1nc(N)cc(N)n1)c1ccc(F)cc1. The van der Waals surface area contributed by atoms with Gasteiger partial charge in [0.2, 0.25) is 0 Å². The highest BCUT2D eigenvalue weighted by Gasteiger charge is 2.10. The van der Waals surface area contributed by atoms with E-state index < -0.39 is 0 Å². The Hall–Kier alpha value is -1.82. The summed E-state index contributed by atoms with van der Waals surface area (Å²) in [4.78, 5) is 8.19. The summed E-state index contributed by atoms with van der Waals surface area (Å²) in [5, 5.41) is 0.608. The zero-order valence-electron chi connectivity index (χ0n) is 9.80. The second-order valence-corrected chi connectivity index (χ2v) is 5.12. The maximum absolute atomic E-state index is 12.8. The first-order valence-corrected chi connectivity index (χ1v) is 6.24. The summed E-state index contributed by atoms with van der Waals surface area (Å²) in [6, 6.07) is 7.85. The van der Waals surface area contributed by atoms with Crippen molar-refractivity contribution < 1.29 is 4.39 Å². The highest BCUT2D eigenvalue weighted by Crippen LogP contribution is 2.33. The van der Waals surface area contributed by atoms with Gasteiger partial charge in [0.25, 0.3) is 0 Å². The Balaban J connectivity index is 2.15. The van der Waals surface area contributed by atoms with Crippen LogP contribution in [0.3, 0.4) is 0 Å². The van der Waals surface area contributed by atoms with E-state index in [9.17, 15) is 4.39 Å². The van der Waals surface area contributed by atoms with E-state index in [-0.39, 0.29) is 11.1 Å². The van der Waals surface area contributed by atoms with E-state index in [1.54, 1.807) is 12.1 Å². The Bertz CT molecular complexity index is 524. The lowest BCUT2D eigenvalue weighted by atomic mass is 10.2. The van der Waals surface area contributed by atoms with Crippen molar-refractivity contribution in [2.75, 3.05) is 11.5 Å². The van der Waals surface area contributed by atoms with Gasteiger partial charge in [-0.15, -0.1) is 0 Å². The number of nitrogens with zero attached hydrogens (tertiary/aromatic N) is 2. The first-order chi connectivity index (χ1) is 8.54. The lowest BCUT2D eigenvalue weighted by Crippen LogP contribution is -2.00. The molecule has 0 amide bonds. The molecule has 1 aromatic heterocycles. The van der Waals surface area contributed by atoms with Crippen molar-refractivity contribution in [3.63, 3.8) is 0 Å². The topological polar surface area (TPSA) is 77.8 Å². The molecule has 1 heterocycles. The van der Waals surface area contributed by atoms with Crippen molar-refractivity contribution >= 4 is 23.4 Å². The third-order valence-electron chi connectivity index (χ3n) is 2.37. The number of hydrogen-bond acceptors (Lipinski definition) is 5. The van der Waals surface area contributed by atoms with Gasteiger partial charge in [0.05, 0.1) is 0 Å². The molecule has 4 nitrogen and oxygen atoms in total. The number of hydrogen-bond donors (Lipinski definition) is 2. The van der Waals surface area contributed by atoms with Crippen LogP contribution in [0.1, 0.15) is 17.7 Å². The summed E-state index contributed by atoms with van der Waals surface area (Å²) in [6.45, 7) is 1.99. The molecule has 0 saturated heterocycles. The molecule has 1 atom stereocenters. The molecule has 18 heavy (non-hydrogen) atoms. The number of aromatic nitrogens is 2. The maximum atomic E-state index is 12.8. The minimum absolute atomic E-state index is 0.0896. The van der Waals surface area contributed by atoms with Crippen LogP contribution < -0.4 is 11.5 Å². The average molecular weight is 264 g/mol. The van der Waals surface area contributed by atoms with Crippen LogP contribution >= 0.6 is 11.8 Å². The molecule has 0 saturated carbocycles. The second-order valence-electron chi connectivity index (χ2n) is 3.81. The van der Waals surface area contributed by atoms with Crippen LogP contribution in [0.25, 0.3) is 0 Å². The minimum Gasteiger partial charge on any atom is -0.383 e. The van der Waals surface area contributed by atoms with Gasteiger partial charge in [0.1, 0.15) is 17.5 Å². The minimum atomic E-state index is -0.250. The van der Waals surface area contributed by atoms with Crippen LogP contribution in [-0.2, 0) is 0 Å². The molecule has 0 aliphatic heterocycles. The number of halogens is 1. The lowest BCUT2D eigenvalue weighted by Gasteiger charge is -2.10. The van der Waals surface area contributed by atoms with Crippen LogP contribution in [0.2, 0.25) is 0 Å². The normalized spacial score (nSPS) is 12.3. The summed E-state index contributed by atoms with van der Waals surface area (Å²) in [6.07, 6.45) is 0. The molecule has 1 aromatic carbocycles. The van der Waals surface area contributed by atoms with Crippen molar-refractivity contribution in [2.45, 2.75) is 17.3 Å². The van der Waals surface area contributed by atoms with Gasteiger partial charge in [0, 0.05) is 11.3 Å². The molecule has 0 radical (unpaired) electrons. The second kappa shape index (κ2) is 5.22. The van der Waals surface area contributed by atoms with Crippen LogP contribution in [0, 0.1) is 5.82 Å². The molecule has 2 rings (SSSR count). The number of anilines is 2. The van der Waals surface area contributed by atoms with Gasteiger partial charge in [-0.1, -0.05) is 23.9 Å². The fourth-order valence-corrected chi connectivity index (χ4v) is 2.40. The predicted octanol–water partition coefficient (Wildman–Crippen LogP) is 2.63. The van der Waals surface area contributed by atoms with E-state index in [0.29, 0.717) is 16.8 Å². The Labute approximate surface area is 109 Å². The summed E-state index contributed by atoms with van der Waals surface area (Å²) < 4.78 is 12.8. The maximum Gasteiger partial charge on any atom is 0.192 e. The number of benzene rings is 1. The predicted molar refractivity (Wildman–Crippen MR) is 71.5 cm³/mol. The molecule has 6 heteroatoms. The number of thioether (sulfide) groups is 1. The van der Waals surface area contributed by atoms with Crippen LogP contribution in [0.5, 0.6) is 0 Å². The zero-order valence-corrected chi connectivity index (χ0v) is 10.6. The molecule has 4 N–H and O–H groups in total. The number of rotatable bonds is 3. The van der Waals surface area contributed by atoms with Gasteiger partial charge in [0.15, 0.2) is 5.16 Å². The summed E-state index contributed by atoms with van der Waals surface area (Å²) >= 11 is 1.43. The molecule has 1 unspecified atom stereocenters. The van der Waals surface area contributed by atoms with Crippen molar-refractivity contribution in [2.24, 2.45) is 0 Å². The van der Waals surface area contributed by atoms with E-state index in [1.807, 2.05) is 6.92 Å². The highest BCUT2D eigenvalue weighted by atomic mass is 32.2. The van der Waals surface area contributed by atoms with E-state index in [1.165, 1.54) is 30.0 Å². The van der Waals surface area contributed by atoms with Gasteiger partial charge in [-0.05, 0) is 24.6 Å². The standard InChI is InChI=1S/C12H13FN4S/c1-7(8-2-4-9(13)5-3-8)18-12-16-10(14)6-11(15)17-12/h2-7H,1H3,(H4,14,15,16,17). The first-order valence-electron chi connectivity index (χ1n) is 5.37.